The molecule has 3 nitrogen and oxygen atoms in total. The van der Waals surface area contributed by atoms with Gasteiger partial charge in [-0.05, 0) is 38.0 Å². The Morgan fingerprint density at radius 1 is 1.35 bits per heavy atom. The van der Waals surface area contributed by atoms with Crippen LogP contribution in [0.2, 0.25) is 0 Å². The van der Waals surface area contributed by atoms with Crippen LogP contribution in [0, 0.1) is 5.92 Å². The van der Waals surface area contributed by atoms with Gasteiger partial charge in [0.25, 0.3) is 0 Å². The minimum atomic E-state index is 0.0672. The Morgan fingerprint density at radius 3 is 2.94 bits per heavy atom. The molecule has 2 aliphatic rings. The second-order valence-corrected chi connectivity index (χ2v) is 5.82. The first-order valence-electron chi connectivity index (χ1n) is 7.21. The Balaban J connectivity index is 1.74. The largest absolute Gasteiger partial charge is 0.378 e. The van der Waals surface area contributed by atoms with E-state index in [1.165, 1.54) is 32.1 Å². The zero-order chi connectivity index (χ0) is 12.1. The van der Waals surface area contributed by atoms with Crippen LogP contribution in [0.15, 0.2) is 0 Å². The van der Waals surface area contributed by atoms with Gasteiger partial charge in [0, 0.05) is 25.7 Å². The third-order valence-electron chi connectivity index (χ3n) is 4.27. The van der Waals surface area contributed by atoms with Crippen molar-refractivity contribution in [3.8, 4) is 0 Å². The maximum atomic E-state index is 6.09. The van der Waals surface area contributed by atoms with Gasteiger partial charge in [-0.3, -0.25) is 0 Å². The molecule has 3 atom stereocenters. The number of hydrogen-bond donors (Lipinski definition) is 1. The van der Waals surface area contributed by atoms with E-state index >= 15 is 0 Å². The highest BCUT2D eigenvalue weighted by Crippen LogP contribution is 2.37. The predicted molar refractivity (Wildman–Crippen MR) is 69.0 cm³/mol. The average molecular weight is 241 g/mol. The summed E-state index contributed by atoms with van der Waals surface area (Å²) in [6.45, 7) is 4.81. The topological polar surface area (TPSA) is 44.5 Å². The number of ether oxygens (including phenoxy) is 2. The van der Waals surface area contributed by atoms with Gasteiger partial charge in [-0.15, -0.1) is 0 Å². The molecule has 2 N–H and O–H groups in total. The summed E-state index contributed by atoms with van der Waals surface area (Å²) in [7, 11) is 0. The fraction of sp³-hybridized carbons (Fsp3) is 1.00. The van der Waals surface area contributed by atoms with Crippen LogP contribution in [0.3, 0.4) is 0 Å². The molecule has 2 fully saturated rings. The van der Waals surface area contributed by atoms with E-state index in [0.29, 0.717) is 6.04 Å². The molecule has 100 valence electrons. The highest BCUT2D eigenvalue weighted by atomic mass is 16.6. The van der Waals surface area contributed by atoms with Crippen molar-refractivity contribution in [2.45, 2.75) is 63.5 Å². The van der Waals surface area contributed by atoms with Crippen molar-refractivity contribution < 1.29 is 9.47 Å². The molecule has 0 radical (unpaired) electrons. The van der Waals surface area contributed by atoms with Gasteiger partial charge in [0.1, 0.15) is 0 Å². The molecule has 2 heterocycles. The normalized spacial score (nSPS) is 35.3. The molecule has 2 rings (SSSR count). The SMILES string of the molecule is CCCC(N)CCC1CCOC2(CCOC2)C1. The van der Waals surface area contributed by atoms with Gasteiger partial charge in [-0.1, -0.05) is 13.3 Å². The summed E-state index contributed by atoms with van der Waals surface area (Å²) >= 11 is 0. The van der Waals surface area contributed by atoms with Gasteiger partial charge >= 0.3 is 0 Å². The fourth-order valence-corrected chi connectivity index (χ4v) is 3.20. The zero-order valence-electron chi connectivity index (χ0n) is 11.1. The van der Waals surface area contributed by atoms with E-state index in [0.717, 1.165) is 38.6 Å². The highest BCUT2D eigenvalue weighted by Gasteiger charge is 2.40. The lowest BCUT2D eigenvalue weighted by Crippen LogP contribution is -2.40. The molecule has 2 saturated heterocycles. The Kier molecular flexibility index (Phi) is 4.83. The van der Waals surface area contributed by atoms with Gasteiger partial charge in [0.05, 0.1) is 12.2 Å². The van der Waals surface area contributed by atoms with Gasteiger partial charge in [0.15, 0.2) is 0 Å². The summed E-state index contributed by atoms with van der Waals surface area (Å²) in [4.78, 5) is 0. The van der Waals surface area contributed by atoms with E-state index in [1.807, 2.05) is 0 Å². The third-order valence-corrected chi connectivity index (χ3v) is 4.27. The lowest BCUT2D eigenvalue weighted by Gasteiger charge is -2.37. The lowest BCUT2D eigenvalue weighted by atomic mass is 9.82. The molecular formula is C14H27NO2. The minimum absolute atomic E-state index is 0.0672. The molecule has 1 spiro atoms. The van der Waals surface area contributed by atoms with Crippen molar-refractivity contribution in [2.75, 3.05) is 19.8 Å². The molecule has 3 unspecified atom stereocenters. The van der Waals surface area contributed by atoms with Crippen LogP contribution in [0.25, 0.3) is 0 Å². The van der Waals surface area contributed by atoms with Gasteiger partial charge in [-0.25, -0.2) is 0 Å². The van der Waals surface area contributed by atoms with Crippen molar-refractivity contribution in [3.05, 3.63) is 0 Å². The maximum absolute atomic E-state index is 6.09. The summed E-state index contributed by atoms with van der Waals surface area (Å²) in [6.07, 6.45) is 8.29. The van der Waals surface area contributed by atoms with E-state index in [2.05, 4.69) is 6.92 Å². The zero-order valence-corrected chi connectivity index (χ0v) is 11.1. The number of hydrogen-bond acceptors (Lipinski definition) is 3. The van der Waals surface area contributed by atoms with Crippen LogP contribution in [0.1, 0.15) is 51.9 Å². The van der Waals surface area contributed by atoms with Gasteiger partial charge in [-0.2, -0.15) is 0 Å². The monoisotopic (exact) mass is 241 g/mol. The smallest absolute Gasteiger partial charge is 0.0939 e. The van der Waals surface area contributed by atoms with Crippen molar-refractivity contribution in [3.63, 3.8) is 0 Å². The average Bonchev–Trinajstić information content (AvgIpc) is 2.75. The van der Waals surface area contributed by atoms with Gasteiger partial charge < -0.3 is 15.2 Å². The van der Waals surface area contributed by atoms with E-state index in [9.17, 15) is 0 Å². The van der Waals surface area contributed by atoms with Crippen molar-refractivity contribution >= 4 is 0 Å². The van der Waals surface area contributed by atoms with Gasteiger partial charge in [0.2, 0.25) is 0 Å². The molecule has 0 aromatic carbocycles. The molecule has 3 heteroatoms. The molecular weight excluding hydrogens is 214 g/mol. The molecule has 17 heavy (non-hydrogen) atoms. The van der Waals surface area contributed by atoms with Crippen molar-refractivity contribution in [1.82, 2.24) is 0 Å². The van der Waals surface area contributed by atoms with E-state index in [-0.39, 0.29) is 5.60 Å². The van der Waals surface area contributed by atoms with Crippen LogP contribution in [0.4, 0.5) is 0 Å². The molecule has 0 amide bonds. The number of nitrogens with two attached hydrogens (primary N) is 1. The summed E-state index contributed by atoms with van der Waals surface area (Å²) < 4.78 is 11.5. The first kappa shape index (κ1) is 13.3. The van der Waals surface area contributed by atoms with E-state index in [1.54, 1.807) is 0 Å². The highest BCUT2D eigenvalue weighted by molar-refractivity contribution is 4.90. The summed E-state index contributed by atoms with van der Waals surface area (Å²) in [6, 6.07) is 0.402. The summed E-state index contributed by atoms with van der Waals surface area (Å²) in [5, 5.41) is 0. The molecule has 0 saturated carbocycles. The summed E-state index contributed by atoms with van der Waals surface area (Å²) in [5.74, 6) is 0.799. The first-order valence-corrected chi connectivity index (χ1v) is 7.21. The van der Waals surface area contributed by atoms with E-state index in [4.69, 9.17) is 15.2 Å². The van der Waals surface area contributed by atoms with E-state index < -0.39 is 0 Å². The molecule has 0 aromatic rings. The molecule has 0 bridgehead atoms. The molecule has 0 aliphatic carbocycles. The molecule has 2 aliphatic heterocycles. The second kappa shape index (κ2) is 6.17. The summed E-state index contributed by atoms with van der Waals surface area (Å²) in [5.41, 5.74) is 6.16. The van der Waals surface area contributed by atoms with Crippen molar-refractivity contribution in [1.29, 1.82) is 0 Å². The molecule has 0 aromatic heterocycles. The lowest BCUT2D eigenvalue weighted by molar-refractivity contribution is -0.0991. The standard InChI is InChI=1S/C14H27NO2/c1-2-3-13(15)5-4-12-6-8-17-14(10-12)7-9-16-11-14/h12-13H,2-11,15H2,1H3. The Labute approximate surface area is 105 Å². The Hall–Kier alpha value is -0.120. The predicted octanol–water partition coefficient (Wildman–Crippen LogP) is 2.48. The Bertz CT molecular complexity index is 226. The maximum Gasteiger partial charge on any atom is 0.0939 e. The van der Waals surface area contributed by atoms with Crippen LogP contribution >= 0.6 is 0 Å². The number of rotatable bonds is 5. The second-order valence-electron chi connectivity index (χ2n) is 5.82. The van der Waals surface area contributed by atoms with Crippen LogP contribution in [-0.4, -0.2) is 31.5 Å². The van der Waals surface area contributed by atoms with Crippen LogP contribution < -0.4 is 5.73 Å². The quantitative estimate of drug-likeness (QED) is 0.804. The Morgan fingerprint density at radius 2 is 2.24 bits per heavy atom. The first-order chi connectivity index (χ1) is 8.24. The third kappa shape index (κ3) is 3.67. The fourth-order valence-electron chi connectivity index (χ4n) is 3.20. The van der Waals surface area contributed by atoms with Crippen molar-refractivity contribution in [2.24, 2.45) is 11.7 Å². The van der Waals surface area contributed by atoms with Crippen LogP contribution in [0.5, 0.6) is 0 Å². The minimum Gasteiger partial charge on any atom is -0.378 e. The van der Waals surface area contributed by atoms with Crippen LogP contribution in [-0.2, 0) is 9.47 Å².